The molecule has 2 aromatic rings. The molecule has 6 heteroatoms. The molecule has 2 amide bonds. The molecule has 1 aromatic heterocycles. The fraction of sp³-hybridized carbons (Fsp3) is 0.455. The van der Waals surface area contributed by atoms with Crippen molar-refractivity contribution in [1.29, 1.82) is 0 Å². The topological polar surface area (TPSA) is 75.4 Å². The van der Waals surface area contributed by atoms with Gasteiger partial charge < -0.3 is 16.0 Å². The molecule has 0 bridgehead atoms. The summed E-state index contributed by atoms with van der Waals surface area (Å²) in [6.07, 6.45) is 2.30. The van der Waals surface area contributed by atoms with Crippen molar-refractivity contribution in [3.05, 3.63) is 58.3 Å². The van der Waals surface area contributed by atoms with E-state index in [0.717, 1.165) is 12.0 Å². The second kappa shape index (κ2) is 9.85. The van der Waals surface area contributed by atoms with Gasteiger partial charge in [0, 0.05) is 36.5 Å². The van der Waals surface area contributed by atoms with Gasteiger partial charge in [-0.25, -0.2) is 0 Å². The van der Waals surface area contributed by atoms with Gasteiger partial charge in [0.1, 0.15) is 0 Å². The summed E-state index contributed by atoms with van der Waals surface area (Å²) in [6.45, 7) is 3.80. The van der Waals surface area contributed by atoms with Crippen molar-refractivity contribution < 1.29 is 9.59 Å². The van der Waals surface area contributed by atoms with Crippen LogP contribution in [-0.2, 0) is 16.0 Å². The molecule has 150 valence electrons. The summed E-state index contributed by atoms with van der Waals surface area (Å²) in [6, 6.07) is 13.5. The summed E-state index contributed by atoms with van der Waals surface area (Å²) in [4.78, 5) is 28.4. The normalized spacial score (nSPS) is 17.1. The van der Waals surface area contributed by atoms with E-state index in [9.17, 15) is 9.59 Å². The molecule has 5 nitrogen and oxygen atoms in total. The Kier molecular flexibility index (Phi) is 7.23. The van der Waals surface area contributed by atoms with Gasteiger partial charge in [0.25, 0.3) is 0 Å². The van der Waals surface area contributed by atoms with Crippen molar-refractivity contribution in [2.24, 2.45) is 17.6 Å². The molecule has 1 aromatic carbocycles. The van der Waals surface area contributed by atoms with E-state index < -0.39 is 0 Å². The largest absolute Gasteiger partial charge is 0.355 e. The lowest BCUT2D eigenvalue weighted by Crippen LogP contribution is -2.46. The lowest BCUT2D eigenvalue weighted by Gasteiger charge is -2.34. The minimum absolute atomic E-state index is 0.00881. The van der Waals surface area contributed by atoms with E-state index in [-0.39, 0.29) is 29.7 Å². The van der Waals surface area contributed by atoms with Crippen LogP contribution in [0.15, 0.2) is 47.8 Å². The SMILES string of the molecule is CC(C(=O)N1CCC(C(=O)NCCc2cccs2)CC1)C(N)c1ccccc1. The number of carbonyl (C=O) groups is 2. The Morgan fingerprint density at radius 1 is 1.18 bits per heavy atom. The third kappa shape index (κ3) is 5.20. The zero-order valence-corrected chi connectivity index (χ0v) is 17.2. The van der Waals surface area contributed by atoms with Crippen LogP contribution in [-0.4, -0.2) is 36.3 Å². The number of nitrogens with zero attached hydrogens (tertiary/aromatic N) is 1. The van der Waals surface area contributed by atoms with Crippen molar-refractivity contribution in [2.75, 3.05) is 19.6 Å². The number of amides is 2. The lowest BCUT2D eigenvalue weighted by molar-refractivity contribution is -0.139. The van der Waals surface area contributed by atoms with Gasteiger partial charge in [-0.05, 0) is 36.3 Å². The van der Waals surface area contributed by atoms with Gasteiger partial charge in [-0.3, -0.25) is 9.59 Å². The Hall–Kier alpha value is -2.18. The first-order valence-corrected chi connectivity index (χ1v) is 10.8. The molecule has 0 aliphatic carbocycles. The molecule has 0 saturated carbocycles. The number of likely N-dealkylation sites (tertiary alicyclic amines) is 1. The second-order valence-corrected chi connectivity index (χ2v) is 8.48. The van der Waals surface area contributed by atoms with E-state index in [4.69, 9.17) is 5.73 Å². The Bertz CT molecular complexity index is 755. The van der Waals surface area contributed by atoms with Crippen LogP contribution < -0.4 is 11.1 Å². The fourth-order valence-electron chi connectivity index (χ4n) is 3.68. The van der Waals surface area contributed by atoms with Crippen LogP contribution >= 0.6 is 11.3 Å². The van der Waals surface area contributed by atoms with Crippen LogP contribution in [0.25, 0.3) is 0 Å². The number of nitrogens with two attached hydrogens (primary N) is 1. The number of hydrogen-bond acceptors (Lipinski definition) is 4. The Morgan fingerprint density at radius 3 is 2.54 bits per heavy atom. The number of piperidine rings is 1. The summed E-state index contributed by atoms with van der Waals surface area (Å²) in [5.41, 5.74) is 7.28. The van der Waals surface area contributed by atoms with Crippen molar-refractivity contribution in [3.8, 4) is 0 Å². The van der Waals surface area contributed by atoms with Gasteiger partial charge >= 0.3 is 0 Å². The zero-order chi connectivity index (χ0) is 19.9. The van der Waals surface area contributed by atoms with Crippen LogP contribution in [0.1, 0.15) is 36.2 Å². The average Bonchev–Trinajstić information content (AvgIpc) is 3.26. The Labute approximate surface area is 170 Å². The number of thiophene rings is 1. The summed E-state index contributed by atoms with van der Waals surface area (Å²) < 4.78 is 0. The average molecular weight is 400 g/mol. The maximum Gasteiger partial charge on any atom is 0.227 e. The summed E-state index contributed by atoms with van der Waals surface area (Å²) in [7, 11) is 0. The van der Waals surface area contributed by atoms with Gasteiger partial charge in [0.2, 0.25) is 11.8 Å². The third-order valence-electron chi connectivity index (χ3n) is 5.54. The second-order valence-electron chi connectivity index (χ2n) is 7.45. The fourth-order valence-corrected chi connectivity index (χ4v) is 4.38. The highest BCUT2D eigenvalue weighted by Gasteiger charge is 2.31. The van der Waals surface area contributed by atoms with Gasteiger partial charge in [-0.1, -0.05) is 43.3 Å². The smallest absolute Gasteiger partial charge is 0.227 e. The van der Waals surface area contributed by atoms with Crippen LogP contribution in [0.3, 0.4) is 0 Å². The van der Waals surface area contributed by atoms with E-state index in [1.54, 1.807) is 11.3 Å². The van der Waals surface area contributed by atoms with Gasteiger partial charge in [-0.2, -0.15) is 0 Å². The predicted octanol–water partition coefficient (Wildman–Crippen LogP) is 2.98. The summed E-state index contributed by atoms with van der Waals surface area (Å²) >= 11 is 1.71. The van der Waals surface area contributed by atoms with E-state index in [1.807, 2.05) is 48.2 Å². The molecule has 1 saturated heterocycles. The Morgan fingerprint density at radius 2 is 1.89 bits per heavy atom. The lowest BCUT2D eigenvalue weighted by atomic mass is 9.91. The molecular weight excluding hydrogens is 370 g/mol. The molecule has 1 aliphatic heterocycles. The van der Waals surface area contributed by atoms with Crippen molar-refractivity contribution in [3.63, 3.8) is 0 Å². The standard InChI is InChI=1S/C22H29N3O2S/c1-16(20(23)17-6-3-2-4-7-17)22(27)25-13-10-18(11-14-25)21(26)24-12-9-19-8-5-15-28-19/h2-8,15-16,18,20H,9-14,23H2,1H3,(H,24,26). The predicted molar refractivity (Wildman–Crippen MR) is 113 cm³/mol. The molecule has 3 rings (SSSR count). The number of benzene rings is 1. The van der Waals surface area contributed by atoms with Crippen LogP contribution in [0.5, 0.6) is 0 Å². The monoisotopic (exact) mass is 399 g/mol. The highest BCUT2D eigenvalue weighted by Crippen LogP contribution is 2.24. The quantitative estimate of drug-likeness (QED) is 0.752. The van der Waals surface area contributed by atoms with Crippen molar-refractivity contribution in [1.82, 2.24) is 10.2 Å². The number of nitrogens with one attached hydrogen (secondary N) is 1. The molecule has 2 heterocycles. The maximum atomic E-state index is 12.8. The van der Waals surface area contributed by atoms with Crippen LogP contribution in [0.4, 0.5) is 0 Å². The van der Waals surface area contributed by atoms with Crippen LogP contribution in [0, 0.1) is 11.8 Å². The third-order valence-corrected chi connectivity index (χ3v) is 6.48. The number of rotatable bonds is 7. The van der Waals surface area contributed by atoms with Crippen molar-refractivity contribution in [2.45, 2.75) is 32.2 Å². The van der Waals surface area contributed by atoms with E-state index in [1.165, 1.54) is 4.88 Å². The zero-order valence-electron chi connectivity index (χ0n) is 16.3. The molecule has 28 heavy (non-hydrogen) atoms. The molecule has 1 fully saturated rings. The maximum absolute atomic E-state index is 12.8. The molecular formula is C22H29N3O2S. The van der Waals surface area contributed by atoms with E-state index in [2.05, 4.69) is 16.8 Å². The minimum atomic E-state index is -0.313. The van der Waals surface area contributed by atoms with Gasteiger partial charge in [0.15, 0.2) is 0 Å². The van der Waals surface area contributed by atoms with Crippen LogP contribution in [0.2, 0.25) is 0 Å². The van der Waals surface area contributed by atoms with Crippen molar-refractivity contribution >= 4 is 23.2 Å². The molecule has 1 aliphatic rings. The van der Waals surface area contributed by atoms with Gasteiger partial charge in [-0.15, -0.1) is 11.3 Å². The molecule has 3 N–H and O–H groups in total. The van der Waals surface area contributed by atoms with E-state index in [0.29, 0.717) is 32.5 Å². The summed E-state index contributed by atoms with van der Waals surface area (Å²) in [5.74, 6) is -0.102. The minimum Gasteiger partial charge on any atom is -0.355 e. The molecule has 0 radical (unpaired) electrons. The highest BCUT2D eigenvalue weighted by atomic mass is 32.1. The molecule has 0 spiro atoms. The Balaban J connectivity index is 1.43. The summed E-state index contributed by atoms with van der Waals surface area (Å²) in [5, 5.41) is 5.09. The van der Waals surface area contributed by atoms with E-state index >= 15 is 0 Å². The first-order valence-electron chi connectivity index (χ1n) is 9.95. The molecule has 2 atom stereocenters. The number of hydrogen-bond donors (Lipinski definition) is 2. The molecule has 2 unspecified atom stereocenters. The highest BCUT2D eigenvalue weighted by molar-refractivity contribution is 7.09. The number of carbonyl (C=O) groups excluding carboxylic acids is 2. The first-order chi connectivity index (χ1) is 13.6. The van der Waals surface area contributed by atoms with Gasteiger partial charge in [0.05, 0.1) is 5.92 Å². The first kappa shape index (κ1) is 20.6.